The number of hydrogen-bond acceptors (Lipinski definition) is 6. The molecule has 41 heavy (non-hydrogen) atoms. The summed E-state index contributed by atoms with van der Waals surface area (Å²) in [7, 11) is 1.48. The van der Waals surface area contributed by atoms with Crippen LogP contribution in [0, 0.1) is 6.57 Å². The van der Waals surface area contributed by atoms with Gasteiger partial charge in [-0.05, 0) is 37.5 Å². The average molecular weight is 549 g/mol. The molecule has 1 aliphatic heterocycles. The molecule has 1 saturated heterocycles. The first-order chi connectivity index (χ1) is 20.0. The molecular formula is C32H28N4O5. The predicted molar refractivity (Wildman–Crippen MR) is 154 cm³/mol. The number of fused-ring (bicyclic) bond motifs is 1. The Morgan fingerprint density at radius 3 is 2.37 bits per heavy atom. The number of Topliss-reactive ketones (excluding diaryl/α,β-unsaturated/α-hetero) is 1. The van der Waals surface area contributed by atoms with Gasteiger partial charge in [0, 0.05) is 24.8 Å². The van der Waals surface area contributed by atoms with Crippen LogP contribution >= 0.6 is 0 Å². The van der Waals surface area contributed by atoms with E-state index in [4.69, 9.17) is 16.0 Å². The van der Waals surface area contributed by atoms with Gasteiger partial charge in [0.25, 0.3) is 11.7 Å². The molecule has 2 aromatic carbocycles. The van der Waals surface area contributed by atoms with Crippen LogP contribution in [0.4, 0.5) is 0 Å². The number of amides is 1. The molecule has 0 saturated carbocycles. The summed E-state index contributed by atoms with van der Waals surface area (Å²) < 4.78 is 10.6. The number of benzene rings is 2. The smallest absolute Gasteiger partial charge is 0.338 e. The number of hydrogen-bond donors (Lipinski definition) is 1. The molecule has 0 radical (unpaired) electrons. The molecule has 0 unspecified atom stereocenters. The van der Waals surface area contributed by atoms with E-state index in [1.807, 2.05) is 30.3 Å². The second-order valence-corrected chi connectivity index (χ2v) is 9.48. The van der Waals surface area contributed by atoms with Crippen LogP contribution in [0.5, 0.6) is 5.75 Å². The van der Waals surface area contributed by atoms with Crippen molar-refractivity contribution in [1.82, 2.24) is 14.9 Å². The zero-order valence-electron chi connectivity index (χ0n) is 22.8. The molecule has 206 valence electrons. The van der Waals surface area contributed by atoms with E-state index < -0.39 is 17.7 Å². The highest BCUT2D eigenvalue weighted by Crippen LogP contribution is 2.35. The van der Waals surface area contributed by atoms with E-state index >= 15 is 0 Å². The van der Waals surface area contributed by atoms with Crippen molar-refractivity contribution in [2.75, 3.05) is 26.8 Å². The Bertz CT molecular complexity index is 1690. The van der Waals surface area contributed by atoms with Gasteiger partial charge < -0.3 is 19.4 Å². The number of aromatic amines is 1. The number of nitrogens with one attached hydrogen (secondary N) is 1. The molecule has 9 heteroatoms. The Kier molecular flexibility index (Phi) is 7.92. The fourth-order valence-corrected chi connectivity index (χ4v) is 5.07. The molecule has 0 atom stereocenters. The molecule has 1 amide bonds. The lowest BCUT2D eigenvalue weighted by Gasteiger charge is -2.28. The van der Waals surface area contributed by atoms with Gasteiger partial charge in [-0.2, -0.15) is 0 Å². The molecule has 5 rings (SSSR count). The number of rotatable bonds is 7. The quantitative estimate of drug-likeness (QED) is 0.140. The number of nitrogens with zero attached hydrogens (tertiary/aromatic N) is 3. The van der Waals surface area contributed by atoms with Gasteiger partial charge in [0.1, 0.15) is 5.75 Å². The molecule has 0 bridgehead atoms. The minimum Gasteiger partial charge on any atom is -0.494 e. The van der Waals surface area contributed by atoms with E-state index in [-0.39, 0.29) is 12.2 Å². The van der Waals surface area contributed by atoms with Crippen molar-refractivity contribution in [3.63, 3.8) is 0 Å². The molecule has 2 aromatic heterocycles. The van der Waals surface area contributed by atoms with Crippen molar-refractivity contribution in [1.29, 1.82) is 0 Å². The minimum atomic E-state index is -0.648. The fraction of sp³-hybridized carbons (Fsp3) is 0.219. The number of pyridine rings is 1. The standard InChI is InChI=1S/C32H28N4O5/c1-4-41-32(39)23-12-10-21(11-13-23)28-29-26(25(40-3)19-35-28)24(18-34-29)30(37)31(38)36-16-14-22(15-17-36)27(33-2)20-8-6-5-7-9-20/h5-13,18-19,34H,4,14-17H2,1,3H3. The molecule has 1 N–H and O–H groups in total. The number of H-pyrrole nitrogens is 1. The Labute approximate surface area is 237 Å². The number of carbonyl (C=O) groups is 3. The maximum Gasteiger partial charge on any atom is 0.338 e. The van der Waals surface area contributed by atoms with Gasteiger partial charge >= 0.3 is 5.97 Å². The van der Waals surface area contributed by atoms with E-state index in [0.29, 0.717) is 65.1 Å². The fourth-order valence-electron chi connectivity index (χ4n) is 5.07. The highest BCUT2D eigenvalue weighted by molar-refractivity contribution is 6.45. The van der Waals surface area contributed by atoms with Crippen LogP contribution in [0.15, 0.2) is 72.6 Å². The molecule has 1 aliphatic rings. The average Bonchev–Trinajstić information content (AvgIpc) is 3.47. The topological polar surface area (TPSA) is 106 Å². The van der Waals surface area contributed by atoms with E-state index in [1.54, 1.807) is 36.1 Å². The number of likely N-dealkylation sites (tertiary alicyclic amines) is 1. The van der Waals surface area contributed by atoms with Gasteiger partial charge in [0.05, 0.1) is 54.2 Å². The number of ketones is 1. The maximum absolute atomic E-state index is 13.5. The summed E-state index contributed by atoms with van der Waals surface area (Å²) in [5.41, 5.74) is 4.87. The van der Waals surface area contributed by atoms with Crippen LogP contribution in [0.2, 0.25) is 0 Å². The summed E-state index contributed by atoms with van der Waals surface area (Å²) in [5.74, 6) is -1.31. The van der Waals surface area contributed by atoms with E-state index in [2.05, 4.69) is 14.8 Å². The highest BCUT2D eigenvalue weighted by atomic mass is 16.5. The van der Waals surface area contributed by atoms with Gasteiger partial charge in [0.15, 0.2) is 5.70 Å². The van der Waals surface area contributed by atoms with Crippen molar-refractivity contribution >= 4 is 34.3 Å². The molecule has 0 spiro atoms. The molecule has 4 aromatic rings. The first-order valence-corrected chi connectivity index (χ1v) is 13.3. The minimum absolute atomic E-state index is 0.195. The normalized spacial score (nSPS) is 13.0. The first-order valence-electron chi connectivity index (χ1n) is 13.3. The second kappa shape index (κ2) is 11.9. The van der Waals surface area contributed by atoms with Gasteiger partial charge in [-0.3, -0.25) is 14.6 Å². The number of esters is 1. The van der Waals surface area contributed by atoms with Crippen molar-refractivity contribution in [2.24, 2.45) is 0 Å². The van der Waals surface area contributed by atoms with E-state index in [1.165, 1.54) is 19.5 Å². The van der Waals surface area contributed by atoms with Crippen LogP contribution in [0.1, 0.15) is 46.0 Å². The first kappa shape index (κ1) is 27.3. The summed E-state index contributed by atoms with van der Waals surface area (Å²) in [6, 6.07) is 16.3. The zero-order valence-corrected chi connectivity index (χ0v) is 22.8. The van der Waals surface area contributed by atoms with Crippen molar-refractivity contribution in [3.05, 3.63) is 101 Å². The number of aromatic nitrogens is 2. The van der Waals surface area contributed by atoms with Crippen molar-refractivity contribution in [2.45, 2.75) is 19.8 Å². The van der Waals surface area contributed by atoms with E-state index in [9.17, 15) is 14.4 Å². The van der Waals surface area contributed by atoms with Crippen LogP contribution in [0.25, 0.3) is 32.7 Å². The van der Waals surface area contributed by atoms with Gasteiger partial charge in [-0.1, -0.05) is 48.0 Å². The Balaban J connectivity index is 1.40. The van der Waals surface area contributed by atoms with Gasteiger partial charge in [0.2, 0.25) is 0 Å². The molecular weight excluding hydrogens is 520 g/mol. The highest BCUT2D eigenvalue weighted by Gasteiger charge is 2.30. The lowest BCUT2D eigenvalue weighted by molar-refractivity contribution is -0.126. The summed E-state index contributed by atoms with van der Waals surface area (Å²) >= 11 is 0. The largest absolute Gasteiger partial charge is 0.494 e. The monoisotopic (exact) mass is 548 g/mol. The van der Waals surface area contributed by atoms with Crippen LogP contribution in [-0.2, 0) is 9.53 Å². The third kappa shape index (κ3) is 5.32. The number of piperidine rings is 1. The summed E-state index contributed by atoms with van der Waals surface area (Å²) in [6.07, 6.45) is 4.07. The van der Waals surface area contributed by atoms with E-state index in [0.717, 1.165) is 11.1 Å². The maximum atomic E-state index is 13.5. The zero-order chi connectivity index (χ0) is 28.9. The SMILES string of the molecule is [C-]#[N+]C(=C1CCN(C(=O)C(=O)c2c[nH]c3c(-c4ccc(C(=O)OCC)cc4)ncc(OC)c23)CC1)c1ccccc1. The summed E-state index contributed by atoms with van der Waals surface area (Å²) in [5, 5.41) is 0.460. The predicted octanol–water partition coefficient (Wildman–Crippen LogP) is 5.55. The van der Waals surface area contributed by atoms with Gasteiger partial charge in [-0.25, -0.2) is 9.64 Å². The summed E-state index contributed by atoms with van der Waals surface area (Å²) in [4.78, 5) is 51.8. The molecule has 9 nitrogen and oxygen atoms in total. The number of ether oxygens (including phenoxy) is 2. The van der Waals surface area contributed by atoms with Crippen LogP contribution in [-0.4, -0.2) is 59.3 Å². The lowest BCUT2D eigenvalue weighted by Crippen LogP contribution is -2.40. The summed E-state index contributed by atoms with van der Waals surface area (Å²) in [6.45, 7) is 10.4. The van der Waals surface area contributed by atoms with Crippen molar-refractivity contribution < 1.29 is 23.9 Å². The Morgan fingerprint density at radius 2 is 1.73 bits per heavy atom. The lowest BCUT2D eigenvalue weighted by atomic mass is 9.97. The molecule has 0 aliphatic carbocycles. The van der Waals surface area contributed by atoms with Gasteiger partial charge in [-0.15, -0.1) is 0 Å². The third-order valence-corrected chi connectivity index (χ3v) is 7.15. The van der Waals surface area contributed by atoms with Crippen molar-refractivity contribution in [3.8, 4) is 17.0 Å². The number of methoxy groups -OCH3 is 1. The second-order valence-electron chi connectivity index (χ2n) is 9.48. The third-order valence-electron chi connectivity index (χ3n) is 7.15. The van der Waals surface area contributed by atoms with Crippen LogP contribution in [0.3, 0.4) is 0 Å². The van der Waals surface area contributed by atoms with Crippen LogP contribution < -0.4 is 4.74 Å². The molecule has 1 fully saturated rings. The Hall–Kier alpha value is -5.23. The number of carbonyl (C=O) groups excluding carboxylic acids is 3. The molecule has 3 heterocycles. The Morgan fingerprint density at radius 1 is 1.02 bits per heavy atom.